The smallest absolute Gasteiger partial charge is 0.194 e. The monoisotopic (exact) mass is 350 g/mol. The molecule has 2 saturated heterocycles. The molecule has 3 heterocycles. The Morgan fingerprint density at radius 1 is 1.40 bits per heavy atom. The van der Waals surface area contributed by atoms with Gasteiger partial charge in [-0.25, -0.2) is 9.98 Å². The van der Waals surface area contributed by atoms with Crippen LogP contribution in [-0.4, -0.2) is 70.7 Å². The first-order chi connectivity index (χ1) is 12.3. The molecule has 2 fully saturated rings. The lowest BCUT2D eigenvalue weighted by Crippen LogP contribution is -2.47. The lowest BCUT2D eigenvalue weighted by molar-refractivity contribution is -0.0367. The van der Waals surface area contributed by atoms with Crippen LogP contribution in [0.15, 0.2) is 11.3 Å². The number of aryl methyl sites for hydroxylation is 1. The first kappa shape index (κ1) is 18.1. The second kappa shape index (κ2) is 9.15. The van der Waals surface area contributed by atoms with Gasteiger partial charge in [-0.15, -0.1) is 0 Å². The van der Waals surface area contributed by atoms with Gasteiger partial charge in [0.05, 0.1) is 18.8 Å². The summed E-state index contributed by atoms with van der Waals surface area (Å²) in [5.74, 6) is 1.81. The number of aromatic nitrogens is 3. The SMILES string of the molecule is CCNC(=NCc1ncnn1C)N1CCC(OCC2CCCO2)CC1. The van der Waals surface area contributed by atoms with Gasteiger partial charge in [-0.3, -0.25) is 4.68 Å². The van der Waals surface area contributed by atoms with E-state index < -0.39 is 0 Å². The number of nitrogens with zero attached hydrogens (tertiary/aromatic N) is 5. The summed E-state index contributed by atoms with van der Waals surface area (Å²) in [6.45, 7) is 7.03. The highest BCUT2D eigenvalue weighted by Crippen LogP contribution is 2.18. The molecule has 140 valence electrons. The van der Waals surface area contributed by atoms with Gasteiger partial charge in [-0.1, -0.05) is 0 Å². The molecule has 8 heteroatoms. The maximum absolute atomic E-state index is 6.06. The van der Waals surface area contributed by atoms with Crippen LogP contribution in [0.4, 0.5) is 0 Å². The number of hydrogen-bond acceptors (Lipinski definition) is 5. The molecule has 0 spiro atoms. The third kappa shape index (κ3) is 5.15. The van der Waals surface area contributed by atoms with E-state index in [-0.39, 0.29) is 0 Å². The van der Waals surface area contributed by atoms with Gasteiger partial charge in [-0.05, 0) is 32.6 Å². The zero-order chi connectivity index (χ0) is 17.5. The van der Waals surface area contributed by atoms with Gasteiger partial charge in [0.25, 0.3) is 0 Å². The highest BCUT2D eigenvalue weighted by atomic mass is 16.5. The Bertz CT molecular complexity index is 547. The third-order valence-electron chi connectivity index (χ3n) is 4.79. The van der Waals surface area contributed by atoms with E-state index in [1.54, 1.807) is 11.0 Å². The minimum absolute atomic E-state index is 0.309. The molecule has 1 N–H and O–H groups in total. The van der Waals surface area contributed by atoms with Crippen LogP contribution < -0.4 is 5.32 Å². The van der Waals surface area contributed by atoms with E-state index in [4.69, 9.17) is 14.5 Å². The molecule has 2 aliphatic rings. The summed E-state index contributed by atoms with van der Waals surface area (Å²) in [5.41, 5.74) is 0. The largest absolute Gasteiger partial charge is 0.376 e. The Kier molecular flexibility index (Phi) is 6.63. The number of likely N-dealkylation sites (tertiary alicyclic amines) is 1. The molecule has 0 amide bonds. The van der Waals surface area contributed by atoms with Crippen molar-refractivity contribution in [1.82, 2.24) is 25.0 Å². The number of nitrogens with one attached hydrogen (secondary N) is 1. The lowest BCUT2D eigenvalue weighted by atomic mass is 10.1. The molecular formula is C17H30N6O2. The molecule has 1 atom stereocenters. The van der Waals surface area contributed by atoms with Crippen LogP contribution in [0.3, 0.4) is 0 Å². The second-order valence-electron chi connectivity index (χ2n) is 6.62. The Morgan fingerprint density at radius 3 is 2.88 bits per heavy atom. The highest BCUT2D eigenvalue weighted by molar-refractivity contribution is 5.80. The van der Waals surface area contributed by atoms with Gasteiger partial charge >= 0.3 is 0 Å². The van der Waals surface area contributed by atoms with E-state index in [0.717, 1.165) is 63.9 Å². The first-order valence-electron chi connectivity index (χ1n) is 9.35. The lowest BCUT2D eigenvalue weighted by Gasteiger charge is -2.34. The maximum atomic E-state index is 6.06. The average Bonchev–Trinajstić information content (AvgIpc) is 3.29. The molecule has 1 aromatic heterocycles. The van der Waals surface area contributed by atoms with Crippen LogP contribution in [-0.2, 0) is 23.1 Å². The predicted octanol–water partition coefficient (Wildman–Crippen LogP) is 0.941. The molecule has 8 nitrogen and oxygen atoms in total. The first-order valence-corrected chi connectivity index (χ1v) is 9.35. The van der Waals surface area contributed by atoms with Crippen LogP contribution >= 0.6 is 0 Å². The fourth-order valence-corrected chi connectivity index (χ4v) is 3.29. The fraction of sp³-hybridized carbons (Fsp3) is 0.824. The Morgan fingerprint density at radius 2 is 2.24 bits per heavy atom. The van der Waals surface area contributed by atoms with E-state index in [0.29, 0.717) is 18.8 Å². The Balaban J connectivity index is 1.47. The normalized spacial score (nSPS) is 22.6. The van der Waals surface area contributed by atoms with Gasteiger partial charge in [0.1, 0.15) is 18.7 Å². The van der Waals surface area contributed by atoms with Gasteiger partial charge < -0.3 is 19.7 Å². The van der Waals surface area contributed by atoms with Crippen molar-refractivity contribution in [2.45, 2.75) is 51.4 Å². The summed E-state index contributed by atoms with van der Waals surface area (Å²) >= 11 is 0. The molecule has 0 aromatic carbocycles. The third-order valence-corrected chi connectivity index (χ3v) is 4.79. The van der Waals surface area contributed by atoms with E-state index in [2.05, 4.69) is 27.2 Å². The zero-order valence-corrected chi connectivity index (χ0v) is 15.4. The van der Waals surface area contributed by atoms with Gasteiger partial charge in [0.2, 0.25) is 0 Å². The minimum atomic E-state index is 0.309. The van der Waals surface area contributed by atoms with E-state index >= 15 is 0 Å². The summed E-state index contributed by atoms with van der Waals surface area (Å²) in [6.07, 6.45) is 6.57. The quantitative estimate of drug-likeness (QED) is 0.608. The van der Waals surface area contributed by atoms with Crippen LogP contribution in [0, 0.1) is 0 Å². The minimum Gasteiger partial charge on any atom is -0.376 e. The average molecular weight is 350 g/mol. The molecule has 0 radical (unpaired) electrons. The van der Waals surface area contributed by atoms with Crippen LogP contribution in [0.2, 0.25) is 0 Å². The zero-order valence-electron chi connectivity index (χ0n) is 15.4. The van der Waals surface area contributed by atoms with Gasteiger partial charge in [0.15, 0.2) is 5.96 Å². The van der Waals surface area contributed by atoms with Crippen molar-refractivity contribution in [3.63, 3.8) is 0 Å². The molecular weight excluding hydrogens is 320 g/mol. The van der Waals surface area contributed by atoms with Crippen molar-refractivity contribution in [3.8, 4) is 0 Å². The molecule has 0 saturated carbocycles. The van der Waals surface area contributed by atoms with Gasteiger partial charge in [-0.2, -0.15) is 5.10 Å². The van der Waals surface area contributed by atoms with E-state index in [1.807, 2.05) is 7.05 Å². The number of ether oxygens (including phenoxy) is 2. The summed E-state index contributed by atoms with van der Waals surface area (Å²) in [4.78, 5) is 11.3. The van der Waals surface area contributed by atoms with Crippen molar-refractivity contribution in [1.29, 1.82) is 0 Å². The topological polar surface area (TPSA) is 76.8 Å². The number of guanidine groups is 1. The van der Waals surface area contributed by atoms with Gasteiger partial charge in [0, 0.05) is 33.3 Å². The van der Waals surface area contributed by atoms with Crippen molar-refractivity contribution in [2.75, 3.05) is 32.8 Å². The van der Waals surface area contributed by atoms with Crippen molar-refractivity contribution in [2.24, 2.45) is 12.0 Å². The number of hydrogen-bond donors (Lipinski definition) is 1. The van der Waals surface area contributed by atoms with Crippen LogP contribution in [0.5, 0.6) is 0 Å². The summed E-state index contributed by atoms with van der Waals surface area (Å²) in [5, 5.41) is 7.48. The van der Waals surface area contributed by atoms with Crippen molar-refractivity contribution >= 4 is 5.96 Å². The molecule has 2 aliphatic heterocycles. The Labute approximate surface area is 149 Å². The van der Waals surface area contributed by atoms with Crippen LogP contribution in [0.25, 0.3) is 0 Å². The maximum Gasteiger partial charge on any atom is 0.194 e. The summed E-state index contributed by atoms with van der Waals surface area (Å²) < 4.78 is 13.5. The van der Waals surface area contributed by atoms with E-state index in [9.17, 15) is 0 Å². The fourth-order valence-electron chi connectivity index (χ4n) is 3.29. The Hall–Kier alpha value is -1.67. The molecule has 25 heavy (non-hydrogen) atoms. The molecule has 0 aliphatic carbocycles. The van der Waals surface area contributed by atoms with Crippen molar-refractivity contribution < 1.29 is 9.47 Å². The number of piperidine rings is 1. The molecule has 0 bridgehead atoms. The number of aliphatic imine (C=N–C) groups is 1. The summed E-state index contributed by atoms with van der Waals surface area (Å²) in [6, 6.07) is 0. The second-order valence-corrected chi connectivity index (χ2v) is 6.62. The molecule has 1 unspecified atom stereocenters. The summed E-state index contributed by atoms with van der Waals surface area (Å²) in [7, 11) is 1.89. The van der Waals surface area contributed by atoms with Crippen LogP contribution in [0.1, 0.15) is 38.4 Å². The molecule has 3 rings (SSSR count). The molecule has 1 aromatic rings. The predicted molar refractivity (Wildman–Crippen MR) is 95.3 cm³/mol. The van der Waals surface area contributed by atoms with Crippen molar-refractivity contribution in [3.05, 3.63) is 12.2 Å². The van der Waals surface area contributed by atoms with E-state index in [1.165, 1.54) is 6.42 Å². The standard InChI is InChI=1S/C17H30N6O2/c1-3-18-17(19-11-16-20-13-21-22(16)2)23-8-6-14(7-9-23)25-12-15-5-4-10-24-15/h13-15H,3-12H2,1-2H3,(H,18,19). The number of rotatable bonds is 6. The highest BCUT2D eigenvalue weighted by Gasteiger charge is 2.24.